The molecule has 0 fully saturated rings. The number of halogens is 1. The van der Waals surface area contributed by atoms with Crippen molar-refractivity contribution < 1.29 is 31.0 Å². The highest BCUT2D eigenvalue weighted by Gasteiger charge is 2.42. The Morgan fingerprint density at radius 2 is 1.80 bits per heavy atom. The molecule has 0 amide bonds. The van der Waals surface area contributed by atoms with E-state index in [0.29, 0.717) is 13.2 Å². The topological polar surface area (TPSA) is 21.5 Å². The maximum atomic E-state index is 5.59. The third-order valence-corrected chi connectivity index (χ3v) is 4.07. The molecule has 0 N–H and O–H groups in total. The van der Waals surface area contributed by atoms with Gasteiger partial charge in [0.05, 0.1) is 18.6 Å². The molecule has 0 saturated heterocycles. The monoisotopic (exact) mass is 341 g/mol. The Balaban J connectivity index is 0.00000200. The first kappa shape index (κ1) is 17.3. The summed E-state index contributed by atoms with van der Waals surface area (Å²) >= 11 is 0. The fraction of sp³-hybridized carbons (Fsp3) is 0.562. The summed E-state index contributed by atoms with van der Waals surface area (Å²) in [5.74, 6) is 0. The van der Waals surface area contributed by atoms with Crippen molar-refractivity contribution in [2.24, 2.45) is 0 Å². The summed E-state index contributed by atoms with van der Waals surface area (Å²) in [4.78, 5) is 0. The second kappa shape index (κ2) is 7.34. The first-order chi connectivity index (χ1) is 9.09. The Morgan fingerprint density at radius 3 is 2.50 bits per heavy atom. The van der Waals surface area contributed by atoms with Crippen LogP contribution in [0.2, 0.25) is 0 Å². The molecule has 1 aliphatic heterocycles. The van der Waals surface area contributed by atoms with Gasteiger partial charge in [-0.25, -0.2) is 0 Å². The summed E-state index contributed by atoms with van der Waals surface area (Å²) in [5.41, 5.74) is 4.23. The summed E-state index contributed by atoms with van der Waals surface area (Å²) in [7, 11) is 1.69. The van der Waals surface area contributed by atoms with Crippen molar-refractivity contribution in [1.82, 2.24) is 0 Å². The van der Waals surface area contributed by atoms with E-state index in [9.17, 15) is 0 Å². The maximum absolute atomic E-state index is 5.59. The van der Waals surface area contributed by atoms with E-state index in [1.54, 1.807) is 7.11 Å². The van der Waals surface area contributed by atoms with Gasteiger partial charge in [0.1, 0.15) is 6.61 Å². The minimum atomic E-state index is 0. The first-order valence-electron chi connectivity index (χ1n) is 6.87. The van der Waals surface area contributed by atoms with E-state index in [1.807, 2.05) is 0 Å². The second-order valence-corrected chi connectivity index (χ2v) is 5.48. The molecular weight excluding hydrogens is 318 g/mol. The van der Waals surface area contributed by atoms with Gasteiger partial charge in [0, 0.05) is 25.7 Å². The van der Waals surface area contributed by atoms with Crippen molar-refractivity contribution >= 4 is 11.4 Å². The van der Waals surface area contributed by atoms with Gasteiger partial charge in [-0.2, -0.15) is 4.58 Å². The lowest BCUT2D eigenvalue weighted by atomic mass is 9.82. The number of hydrogen-bond donors (Lipinski definition) is 0. The minimum absolute atomic E-state index is 0. The van der Waals surface area contributed by atoms with Crippen LogP contribution in [0.1, 0.15) is 26.3 Å². The van der Waals surface area contributed by atoms with Crippen molar-refractivity contribution in [2.75, 3.05) is 33.5 Å². The fourth-order valence-electron chi connectivity index (χ4n) is 2.64. The van der Waals surface area contributed by atoms with Crippen LogP contribution in [0.25, 0.3) is 0 Å². The zero-order valence-electron chi connectivity index (χ0n) is 12.8. The summed E-state index contributed by atoms with van der Waals surface area (Å²) < 4.78 is 12.9. The molecule has 3 nitrogen and oxygen atoms in total. The van der Waals surface area contributed by atoms with E-state index in [4.69, 9.17) is 9.47 Å². The number of fused-ring (bicyclic) bond motifs is 1. The molecule has 0 atom stereocenters. The van der Waals surface area contributed by atoms with Gasteiger partial charge in [0.2, 0.25) is 5.69 Å². The predicted molar refractivity (Wildman–Crippen MR) is 77.6 cm³/mol. The van der Waals surface area contributed by atoms with Crippen molar-refractivity contribution in [1.29, 1.82) is 0 Å². The van der Waals surface area contributed by atoms with Crippen LogP contribution in [0, 0.1) is 0 Å². The van der Waals surface area contributed by atoms with E-state index >= 15 is 0 Å². The van der Waals surface area contributed by atoms with Crippen LogP contribution < -0.4 is 17.0 Å². The average molecular weight is 342 g/mol. The molecule has 0 radical (unpaired) electrons. The average Bonchev–Trinajstić information content (AvgIpc) is 2.60. The zero-order chi connectivity index (χ0) is 13.9. The van der Waals surface area contributed by atoms with Crippen LogP contribution in [-0.2, 0) is 14.9 Å². The number of rotatable bonds is 6. The second-order valence-electron chi connectivity index (χ2n) is 5.48. The molecular formula is C16H24BrNO2. The number of hydrogen-bond acceptors (Lipinski definition) is 2. The van der Waals surface area contributed by atoms with Gasteiger partial charge >= 0.3 is 0 Å². The van der Waals surface area contributed by atoms with Gasteiger partial charge < -0.3 is 26.5 Å². The number of para-hydroxylation sites is 1. The van der Waals surface area contributed by atoms with E-state index < -0.39 is 0 Å². The molecule has 0 bridgehead atoms. The molecule has 0 unspecified atom stereocenters. The standard InChI is InChI=1S/C16H24NO2.BrH/c1-13-16(2,3)14-7-5-6-8-15(14)17(13)9-10-19-12-11-18-4;/h5-8H,9-12H2,1-4H3;1H/q+1;/p-1. The van der Waals surface area contributed by atoms with Crippen LogP contribution in [0.15, 0.2) is 24.3 Å². The minimum Gasteiger partial charge on any atom is -1.00 e. The summed E-state index contributed by atoms with van der Waals surface area (Å²) in [6, 6.07) is 8.64. The molecule has 0 aliphatic carbocycles. The van der Waals surface area contributed by atoms with Crippen molar-refractivity contribution in [2.45, 2.75) is 26.2 Å². The van der Waals surface area contributed by atoms with E-state index in [0.717, 1.165) is 13.2 Å². The number of ether oxygens (including phenoxy) is 2. The normalized spacial score (nSPS) is 16.0. The largest absolute Gasteiger partial charge is 1.00 e. The smallest absolute Gasteiger partial charge is 0.209 e. The number of nitrogens with zero attached hydrogens (tertiary/aromatic N) is 1. The van der Waals surface area contributed by atoms with Crippen LogP contribution in [0.4, 0.5) is 5.69 Å². The quantitative estimate of drug-likeness (QED) is 0.525. The van der Waals surface area contributed by atoms with Gasteiger partial charge in [-0.1, -0.05) is 18.2 Å². The molecule has 2 rings (SSSR count). The molecule has 1 aliphatic rings. The molecule has 112 valence electrons. The highest BCUT2D eigenvalue weighted by atomic mass is 79.9. The summed E-state index contributed by atoms with van der Waals surface area (Å²) in [5, 5.41) is 0. The number of methoxy groups -OCH3 is 1. The Labute approximate surface area is 132 Å². The van der Waals surface area contributed by atoms with Gasteiger partial charge in [-0.3, -0.25) is 0 Å². The predicted octanol–water partition coefficient (Wildman–Crippen LogP) is -0.250. The van der Waals surface area contributed by atoms with Gasteiger partial charge in [-0.15, -0.1) is 0 Å². The Morgan fingerprint density at radius 1 is 1.10 bits per heavy atom. The van der Waals surface area contributed by atoms with Crippen LogP contribution in [0.3, 0.4) is 0 Å². The molecule has 1 aromatic carbocycles. The lowest BCUT2D eigenvalue weighted by molar-refractivity contribution is -0.443. The lowest BCUT2D eigenvalue weighted by Gasteiger charge is -2.14. The molecule has 0 aromatic heterocycles. The van der Waals surface area contributed by atoms with Crippen molar-refractivity contribution in [3.63, 3.8) is 0 Å². The van der Waals surface area contributed by atoms with Crippen LogP contribution in [-0.4, -0.2) is 43.8 Å². The van der Waals surface area contributed by atoms with Crippen molar-refractivity contribution in [3.8, 4) is 0 Å². The van der Waals surface area contributed by atoms with Gasteiger partial charge in [0.15, 0.2) is 12.3 Å². The third-order valence-electron chi connectivity index (χ3n) is 4.07. The molecule has 0 spiro atoms. The first-order valence-corrected chi connectivity index (χ1v) is 6.87. The lowest BCUT2D eigenvalue weighted by Crippen LogP contribution is -3.00. The summed E-state index contributed by atoms with van der Waals surface area (Å²) in [6.45, 7) is 9.73. The van der Waals surface area contributed by atoms with Gasteiger partial charge in [-0.05, 0) is 13.8 Å². The summed E-state index contributed by atoms with van der Waals surface area (Å²) in [6.07, 6.45) is 0. The van der Waals surface area contributed by atoms with Crippen LogP contribution in [0.5, 0.6) is 0 Å². The highest BCUT2D eigenvalue weighted by Crippen LogP contribution is 2.38. The van der Waals surface area contributed by atoms with E-state index in [1.165, 1.54) is 17.0 Å². The highest BCUT2D eigenvalue weighted by molar-refractivity contribution is 5.93. The zero-order valence-corrected chi connectivity index (χ0v) is 14.4. The van der Waals surface area contributed by atoms with Gasteiger partial charge in [0.25, 0.3) is 0 Å². The van der Waals surface area contributed by atoms with E-state index in [-0.39, 0.29) is 22.4 Å². The number of benzene rings is 1. The maximum Gasteiger partial charge on any atom is 0.209 e. The Bertz CT molecular complexity index is 483. The molecule has 4 heteroatoms. The molecule has 1 aromatic rings. The Kier molecular flexibility index (Phi) is 6.37. The SMILES string of the molecule is COCCOCC[N+]1=C(C)C(C)(C)c2ccccc21.[Br-]. The molecule has 0 saturated carbocycles. The van der Waals surface area contributed by atoms with E-state index in [2.05, 4.69) is 49.6 Å². The fourth-order valence-corrected chi connectivity index (χ4v) is 2.64. The third kappa shape index (κ3) is 3.30. The Hall–Kier alpha value is -0.710. The van der Waals surface area contributed by atoms with Crippen molar-refractivity contribution in [3.05, 3.63) is 29.8 Å². The molecule has 20 heavy (non-hydrogen) atoms. The molecule has 1 heterocycles. The van der Waals surface area contributed by atoms with Crippen LogP contribution >= 0.6 is 0 Å².